The first-order valence-corrected chi connectivity index (χ1v) is 25.3. The van der Waals surface area contributed by atoms with Crippen molar-refractivity contribution in [3.8, 4) is 0 Å². The zero-order chi connectivity index (χ0) is 58.5. The maximum absolute atomic E-state index is 14.4. The lowest BCUT2D eigenvalue weighted by Gasteiger charge is -2.28. The van der Waals surface area contributed by atoms with Gasteiger partial charge >= 0.3 is 0 Å². The summed E-state index contributed by atoms with van der Waals surface area (Å²) < 4.78 is 0. The molecule has 0 aromatic heterocycles. The number of unbranched alkanes of at least 4 members (excludes halogenated alkanes) is 1. The minimum absolute atomic E-state index is 0.0635. The minimum atomic E-state index is -1.43. The van der Waals surface area contributed by atoms with Crippen LogP contribution in [0.2, 0.25) is 0 Å². The quantitative estimate of drug-likeness (QED) is 0.0154. The van der Waals surface area contributed by atoms with Gasteiger partial charge in [-0.15, -0.1) is 0 Å². The van der Waals surface area contributed by atoms with E-state index in [1.165, 1.54) is 6.92 Å². The highest BCUT2D eigenvalue weighted by atomic mass is 16.2. The Labute approximate surface area is 448 Å². The number of Topliss-reactive ketones (excluding diaryl/α,β-unsaturated/α-hetero) is 1. The molecule has 77 heavy (non-hydrogen) atoms. The van der Waals surface area contributed by atoms with Crippen molar-refractivity contribution in [1.82, 2.24) is 69.1 Å². The summed E-state index contributed by atoms with van der Waals surface area (Å²) in [6, 6.07) is -7.92. The highest BCUT2D eigenvalue weighted by molar-refractivity contribution is 5.97. The van der Waals surface area contributed by atoms with Crippen molar-refractivity contribution in [1.29, 1.82) is 32.5 Å². The summed E-state index contributed by atoms with van der Waals surface area (Å²) in [4.78, 5) is 109. The molecule has 0 aliphatic heterocycles. The van der Waals surface area contributed by atoms with Crippen LogP contribution in [0.1, 0.15) is 104 Å². The van der Waals surface area contributed by atoms with Crippen LogP contribution in [0.15, 0.2) is 0 Å². The molecule has 436 valence electrons. The predicted molar refractivity (Wildman–Crippen MR) is 290 cm³/mol. The number of nitrogens with two attached hydrogens (primary N) is 6. The third-order valence-corrected chi connectivity index (χ3v) is 11.1. The molecule has 0 spiro atoms. The summed E-state index contributed by atoms with van der Waals surface area (Å²) in [5.74, 6) is -8.08. The number of hydrogen-bond donors (Lipinski definition) is 25. The van der Waals surface area contributed by atoms with Crippen LogP contribution in [-0.4, -0.2) is 165 Å². The highest BCUT2D eigenvalue weighted by Crippen LogP contribution is 2.10. The molecular formula is C44H87N25O8. The van der Waals surface area contributed by atoms with Crippen molar-refractivity contribution in [2.45, 2.75) is 140 Å². The van der Waals surface area contributed by atoms with Gasteiger partial charge in [-0.1, -0.05) is 13.8 Å². The fourth-order valence-electron chi connectivity index (χ4n) is 7.06. The van der Waals surface area contributed by atoms with Crippen molar-refractivity contribution < 1.29 is 38.4 Å². The molecule has 0 aromatic carbocycles. The van der Waals surface area contributed by atoms with Gasteiger partial charge in [0.25, 0.3) is 0 Å². The molecule has 0 aliphatic rings. The zero-order valence-electron chi connectivity index (χ0n) is 44.4. The normalized spacial score (nSPS) is 12.9. The van der Waals surface area contributed by atoms with E-state index in [9.17, 15) is 38.4 Å². The maximum atomic E-state index is 14.4. The van der Waals surface area contributed by atoms with Crippen LogP contribution in [-0.2, 0) is 38.4 Å². The Balaban J connectivity index is 7.10. The van der Waals surface area contributed by atoms with Gasteiger partial charge in [0.1, 0.15) is 36.3 Å². The van der Waals surface area contributed by atoms with E-state index >= 15 is 0 Å². The molecule has 6 atom stereocenters. The smallest absolute Gasteiger partial charge is 0.243 e. The van der Waals surface area contributed by atoms with Crippen LogP contribution in [0, 0.1) is 38.4 Å². The number of amides is 7. The Bertz CT molecular complexity index is 2010. The second-order valence-corrected chi connectivity index (χ2v) is 18.1. The standard InChI is InChI=1S/C44H87N25O8/c1-24(2)32(71)23-63-33(72)26(11-4-5-17-57-39(45)46)65-35(74)28(13-7-19-59-41(49)50)67-37(76)30(15-9-21-61-43(53)54)69-38(77)31(16-10-22-62-44(55)56)68-36(75)29(14-8-20-60-42(51)52)66-34(73)27(64-25(3)70)12-6-18-58-40(47)48/h24,26-31H,4-23H2,1-3H3,(H,63,72)(H,64,70)(H,65,74)(H,66,73)(H,67,76)(H,68,75)(H,69,77)(H4,45,46,57)(H4,47,48,58)(H4,49,50,59)(H4,51,52,60)(H4,53,54,61)(H4,55,56,62)/t26-,27-,28-,29-,30-,31-/m0/s1. The molecule has 33 nitrogen and oxygen atoms in total. The van der Waals surface area contributed by atoms with E-state index in [2.05, 4.69) is 69.1 Å². The van der Waals surface area contributed by atoms with Crippen LogP contribution < -0.4 is 104 Å². The van der Waals surface area contributed by atoms with E-state index in [0.717, 1.165) is 0 Å². The monoisotopic (exact) mass is 1090 g/mol. The first-order chi connectivity index (χ1) is 36.2. The van der Waals surface area contributed by atoms with E-state index in [-0.39, 0.29) is 151 Å². The van der Waals surface area contributed by atoms with Crippen molar-refractivity contribution in [3.05, 3.63) is 0 Å². The second kappa shape index (κ2) is 39.1. The number of hydrogen-bond acceptors (Lipinski definition) is 14. The van der Waals surface area contributed by atoms with E-state index in [1.807, 2.05) is 0 Å². The number of rotatable bonds is 40. The average molecular weight is 1090 g/mol. The summed E-state index contributed by atoms with van der Waals surface area (Å²) >= 11 is 0. The molecular weight excluding hydrogens is 1010 g/mol. The third-order valence-electron chi connectivity index (χ3n) is 11.1. The maximum Gasteiger partial charge on any atom is 0.243 e. The second-order valence-electron chi connectivity index (χ2n) is 18.1. The highest BCUT2D eigenvalue weighted by Gasteiger charge is 2.33. The average Bonchev–Trinajstić information content (AvgIpc) is 3.33. The van der Waals surface area contributed by atoms with Gasteiger partial charge in [-0.05, 0) is 83.5 Å². The summed E-state index contributed by atoms with van der Waals surface area (Å²) in [7, 11) is 0. The molecule has 0 radical (unpaired) electrons. The molecule has 0 heterocycles. The van der Waals surface area contributed by atoms with E-state index in [4.69, 9.17) is 66.9 Å². The molecule has 0 unspecified atom stereocenters. The number of guanidine groups is 6. The largest absolute Gasteiger partial charge is 0.370 e. The van der Waals surface area contributed by atoms with E-state index < -0.39 is 83.5 Å². The van der Waals surface area contributed by atoms with Crippen LogP contribution >= 0.6 is 0 Å². The fraction of sp³-hybridized carbons (Fsp3) is 0.682. The lowest BCUT2D eigenvalue weighted by Crippen LogP contribution is -2.60. The summed E-state index contributed by atoms with van der Waals surface area (Å²) in [6.45, 7) is 5.04. The van der Waals surface area contributed by atoms with Crippen molar-refractivity contribution in [3.63, 3.8) is 0 Å². The first kappa shape index (κ1) is 68.6. The van der Waals surface area contributed by atoms with Gasteiger partial charge < -0.3 is 104 Å². The van der Waals surface area contributed by atoms with Crippen LogP contribution in [0.5, 0.6) is 0 Å². The fourth-order valence-corrected chi connectivity index (χ4v) is 7.06. The Morgan fingerprint density at radius 1 is 0.325 bits per heavy atom. The summed E-state index contributed by atoms with van der Waals surface area (Å²) in [5.41, 5.74) is 32.6. The molecule has 0 aliphatic carbocycles. The Hall–Kier alpha value is -8.42. The van der Waals surface area contributed by atoms with Crippen LogP contribution in [0.3, 0.4) is 0 Å². The van der Waals surface area contributed by atoms with Gasteiger partial charge in [-0.3, -0.25) is 70.8 Å². The molecule has 0 aromatic rings. The van der Waals surface area contributed by atoms with Crippen LogP contribution in [0.4, 0.5) is 0 Å². The first-order valence-electron chi connectivity index (χ1n) is 25.3. The van der Waals surface area contributed by atoms with Crippen molar-refractivity contribution in [2.75, 3.05) is 45.8 Å². The Kier molecular flexibility index (Phi) is 34.8. The lowest BCUT2D eigenvalue weighted by atomic mass is 10.0. The molecule has 7 amide bonds. The molecule has 0 fully saturated rings. The summed E-state index contributed by atoms with van der Waals surface area (Å²) in [5, 5.41) is 79.1. The molecule has 0 rings (SSSR count). The molecule has 33 heteroatoms. The van der Waals surface area contributed by atoms with Crippen LogP contribution in [0.25, 0.3) is 0 Å². The lowest BCUT2D eigenvalue weighted by molar-refractivity contribution is -0.136. The number of carbonyl (C=O) groups is 8. The van der Waals surface area contributed by atoms with Gasteiger partial charge in [-0.25, -0.2) is 0 Å². The van der Waals surface area contributed by atoms with Gasteiger partial charge in [0.05, 0.1) is 6.54 Å². The molecule has 0 saturated carbocycles. The number of carbonyl (C=O) groups excluding carboxylic acids is 8. The summed E-state index contributed by atoms with van der Waals surface area (Å²) in [6.07, 6.45) is 1.39. The van der Waals surface area contributed by atoms with E-state index in [0.29, 0.717) is 19.4 Å². The zero-order valence-corrected chi connectivity index (χ0v) is 44.4. The van der Waals surface area contributed by atoms with Gasteiger partial charge in [0.15, 0.2) is 41.5 Å². The Morgan fingerprint density at radius 2 is 0.545 bits per heavy atom. The van der Waals surface area contributed by atoms with E-state index in [1.54, 1.807) is 13.8 Å². The minimum Gasteiger partial charge on any atom is -0.370 e. The topological polar surface area (TPSA) is 592 Å². The molecule has 0 saturated heterocycles. The predicted octanol–water partition coefficient (Wildman–Crippen LogP) is -6.77. The number of ketones is 1. The van der Waals surface area contributed by atoms with Crippen molar-refractivity contribution in [2.24, 2.45) is 40.3 Å². The third kappa shape index (κ3) is 34.7. The SMILES string of the molecule is CC(=O)N[C@@H](CCCNC(=N)N)C(=O)N[C@@H](CCCNC(=N)N)C(=O)N[C@@H](CCCNC(=N)N)C(=O)N[C@@H](CCCNC(=N)N)C(=O)N[C@@H](CCCNC(=N)N)C(=O)N[C@@H](CCCCNC(=N)N)C(=O)NCC(=O)C(C)C. The molecule has 31 N–H and O–H groups in total. The van der Waals surface area contributed by atoms with Gasteiger partial charge in [0, 0.05) is 52.1 Å². The Morgan fingerprint density at radius 3 is 0.779 bits per heavy atom. The van der Waals surface area contributed by atoms with Crippen molar-refractivity contribution >= 4 is 82.9 Å². The van der Waals surface area contributed by atoms with Gasteiger partial charge in [0.2, 0.25) is 41.4 Å². The molecule has 0 bridgehead atoms. The van der Waals surface area contributed by atoms with Gasteiger partial charge in [-0.2, -0.15) is 0 Å². The number of nitrogens with one attached hydrogen (secondary N) is 19.